The van der Waals surface area contributed by atoms with Gasteiger partial charge in [-0.3, -0.25) is 0 Å². The van der Waals surface area contributed by atoms with Crippen molar-refractivity contribution in [1.29, 1.82) is 0 Å². The summed E-state index contributed by atoms with van der Waals surface area (Å²) in [6.07, 6.45) is 30.0. The normalized spacial score (nSPS) is 13.5. The average molecular weight is 1810 g/mol. The minimum Gasteiger partial charge on any atom is -0.381 e. The molecular formula is C113H286N6O3S. The molecule has 10 heteroatoms. The zero-order valence-corrected chi connectivity index (χ0v) is 103. The Hall–Kier alpha value is -0.0100. The van der Waals surface area contributed by atoms with Crippen LogP contribution in [0.3, 0.4) is 0 Å². The molecule has 0 atom stereocenters. The van der Waals surface area contributed by atoms with Crippen LogP contribution in [0.2, 0.25) is 0 Å². The molecule has 7 heterocycles. The largest absolute Gasteiger partial charge is 0.381 e. The highest BCUT2D eigenvalue weighted by Crippen LogP contribution is 2.16. The third kappa shape index (κ3) is 676. The summed E-state index contributed by atoms with van der Waals surface area (Å²) >= 11 is 2.03. The number of ether oxygens (including phenoxy) is 3. The molecule has 7 saturated heterocycles. The summed E-state index contributed by atoms with van der Waals surface area (Å²) in [5.74, 6) is 10.1. The maximum Gasteiger partial charge on any atom is 0.0591 e. The van der Waals surface area contributed by atoms with Gasteiger partial charge in [-0.05, 0) is 137 Å². The van der Waals surface area contributed by atoms with Gasteiger partial charge in [0.15, 0.2) is 0 Å². The highest BCUT2D eigenvalue weighted by Gasteiger charge is 1.99. The summed E-state index contributed by atoms with van der Waals surface area (Å²) in [5.41, 5.74) is 0. The number of hydrogen-bond donors (Lipinski definition) is 6. The average Bonchev–Trinajstić information content (AvgIpc) is 1.47. The monoisotopic (exact) mass is 1810 g/mol. The first kappa shape index (κ1) is 199. The second kappa shape index (κ2) is 294. The van der Waals surface area contributed by atoms with Crippen LogP contribution in [0.5, 0.6) is 0 Å². The Labute approximate surface area is 807 Å². The van der Waals surface area contributed by atoms with Crippen molar-refractivity contribution in [2.24, 2.45) is 53.3 Å². The molecule has 0 radical (unpaired) electrons. The second-order valence-electron chi connectivity index (χ2n) is 30.0. The van der Waals surface area contributed by atoms with Gasteiger partial charge in [-0.15, -0.1) is 0 Å². The van der Waals surface area contributed by atoms with Gasteiger partial charge < -0.3 is 46.1 Å². The van der Waals surface area contributed by atoms with E-state index >= 15 is 0 Å². The van der Waals surface area contributed by atoms with Gasteiger partial charge in [-0.25, -0.2) is 0 Å². The zero-order chi connectivity index (χ0) is 104. The smallest absolute Gasteiger partial charge is 0.0591 e. The fraction of sp³-hybridized carbons (Fsp3) is 1.00. The molecule has 7 aliphatic heterocycles. The Balaban J connectivity index is -0.0000000311. The van der Waals surface area contributed by atoms with E-state index in [1.54, 1.807) is 0 Å². The summed E-state index contributed by atoms with van der Waals surface area (Å²) in [5, 5.41) is 19.4. The molecular weight excluding hydrogens is 1520 g/mol. The Morgan fingerprint density at radius 3 is 0.301 bits per heavy atom. The first-order valence-corrected chi connectivity index (χ1v) is 56.8. The number of hydrogen-bond acceptors (Lipinski definition) is 10. The minimum absolute atomic E-state index is 0.833. The SMILES string of the molecule is C1CCCC1.C1CCCCC1.C1CCNC1.C1CCNCC1.C1CCOC1.C1CCOCC1.C1CNCCN1.C1COCCN1.C1CSCCN1.CC.CC.CC.CC.CC.CC.CC.CC.CC.CC.CC.CC.CC.CC.CC.CC.CC.CC.CC(C)C.CC(C)C.CC(C)C.CC(C)C.CC(C)C.CC(C)C.CC(C)C.CC(C)C.CC(C)C. The van der Waals surface area contributed by atoms with Crippen LogP contribution in [0.4, 0.5) is 0 Å². The van der Waals surface area contributed by atoms with Gasteiger partial charge in [0.25, 0.3) is 0 Å². The molecule has 9 fully saturated rings. The molecule has 0 spiro atoms. The van der Waals surface area contributed by atoms with Crippen LogP contribution >= 0.6 is 11.8 Å². The van der Waals surface area contributed by atoms with Crippen LogP contribution in [0.15, 0.2) is 0 Å². The van der Waals surface area contributed by atoms with Crippen LogP contribution in [-0.4, -0.2) is 130 Å². The molecule has 9 rings (SSSR count). The van der Waals surface area contributed by atoms with E-state index in [1.165, 1.54) is 186 Å². The summed E-state index contributed by atoms with van der Waals surface area (Å²) in [4.78, 5) is 0. The van der Waals surface area contributed by atoms with Crippen molar-refractivity contribution in [2.45, 2.75) is 571 Å². The van der Waals surface area contributed by atoms with Crippen LogP contribution < -0.4 is 31.9 Å². The van der Waals surface area contributed by atoms with Crippen LogP contribution in [-0.2, 0) is 14.2 Å². The number of piperazine rings is 1. The first-order chi connectivity index (χ1) is 59.1. The third-order valence-electron chi connectivity index (χ3n) is 9.47. The van der Waals surface area contributed by atoms with E-state index in [0.717, 1.165) is 132 Å². The van der Waals surface area contributed by atoms with Crippen molar-refractivity contribution < 1.29 is 14.2 Å². The van der Waals surface area contributed by atoms with Gasteiger partial charge in [-0.2, -0.15) is 11.8 Å². The van der Waals surface area contributed by atoms with Gasteiger partial charge in [0, 0.05) is 90.3 Å². The van der Waals surface area contributed by atoms with Gasteiger partial charge >= 0.3 is 0 Å². The van der Waals surface area contributed by atoms with Gasteiger partial charge in [-0.1, -0.05) is 513 Å². The molecule has 792 valence electrons. The Kier molecular flexibility index (Phi) is 474. The number of nitrogens with one attached hydrogen (secondary N) is 6. The first-order valence-electron chi connectivity index (χ1n) is 55.6. The van der Waals surface area contributed by atoms with Crippen LogP contribution in [0, 0.1) is 53.3 Å². The molecule has 9 aliphatic rings. The summed E-state index contributed by atoms with van der Waals surface area (Å²) in [6.45, 7) is 150. The summed E-state index contributed by atoms with van der Waals surface area (Å²) in [6, 6.07) is 0. The Bertz CT molecular complexity index is 670. The second-order valence-corrected chi connectivity index (χ2v) is 31.2. The van der Waals surface area contributed by atoms with Crippen LogP contribution in [0.1, 0.15) is 571 Å². The highest BCUT2D eigenvalue weighted by atomic mass is 32.2. The third-order valence-corrected chi connectivity index (χ3v) is 10.5. The van der Waals surface area contributed by atoms with Crippen molar-refractivity contribution in [3.63, 3.8) is 0 Å². The van der Waals surface area contributed by atoms with Crippen molar-refractivity contribution in [1.82, 2.24) is 31.9 Å². The molecule has 0 unspecified atom stereocenters. The van der Waals surface area contributed by atoms with E-state index in [4.69, 9.17) is 14.2 Å². The van der Waals surface area contributed by atoms with E-state index in [1.807, 2.05) is 261 Å². The lowest BCUT2D eigenvalue weighted by molar-refractivity contribution is 0.0968. The van der Waals surface area contributed by atoms with E-state index in [2.05, 4.69) is 219 Å². The number of piperidine rings is 1. The van der Waals surface area contributed by atoms with E-state index in [-0.39, 0.29) is 0 Å². The molecule has 0 aromatic rings. The topological polar surface area (TPSA) is 99.9 Å². The fourth-order valence-corrected chi connectivity index (χ4v) is 6.99. The minimum atomic E-state index is 0.833. The number of rotatable bonds is 0. The molecule has 0 aromatic carbocycles. The quantitative estimate of drug-likeness (QED) is 0.141. The molecule has 123 heavy (non-hydrogen) atoms. The van der Waals surface area contributed by atoms with E-state index in [0.29, 0.717) is 0 Å². The maximum absolute atomic E-state index is 5.07. The zero-order valence-electron chi connectivity index (χ0n) is 102. The summed E-state index contributed by atoms with van der Waals surface area (Å²) < 4.78 is 15.0. The molecule has 0 amide bonds. The van der Waals surface area contributed by atoms with Crippen LogP contribution in [0.25, 0.3) is 0 Å². The molecule has 0 aromatic heterocycles. The lowest BCUT2D eigenvalue weighted by atomic mass is 10.0. The van der Waals surface area contributed by atoms with Gasteiger partial charge in [0.2, 0.25) is 0 Å². The van der Waals surface area contributed by atoms with Gasteiger partial charge in [0.1, 0.15) is 0 Å². The Morgan fingerprint density at radius 2 is 0.236 bits per heavy atom. The predicted octanol–water partition coefficient (Wildman–Crippen LogP) is 39.9. The number of thioether (sulfide) groups is 1. The predicted molar refractivity (Wildman–Crippen MR) is 613 cm³/mol. The fourth-order valence-electron chi connectivity index (χ4n) is 6.20. The van der Waals surface area contributed by atoms with Crippen molar-refractivity contribution in [3.8, 4) is 0 Å². The molecule has 0 bridgehead atoms. The van der Waals surface area contributed by atoms with Crippen molar-refractivity contribution in [2.75, 3.05) is 130 Å². The molecule has 6 N–H and O–H groups in total. The number of morpholine rings is 1. The summed E-state index contributed by atoms with van der Waals surface area (Å²) in [7, 11) is 0. The lowest BCUT2D eigenvalue weighted by Gasteiger charge is -2.11. The molecule has 9 nitrogen and oxygen atoms in total. The Morgan fingerprint density at radius 1 is 0.130 bits per heavy atom. The van der Waals surface area contributed by atoms with E-state index in [9.17, 15) is 0 Å². The highest BCUT2D eigenvalue weighted by molar-refractivity contribution is 7.99. The molecule has 2 saturated carbocycles. The van der Waals surface area contributed by atoms with E-state index < -0.39 is 0 Å². The van der Waals surface area contributed by atoms with Gasteiger partial charge in [0.05, 0.1) is 13.2 Å². The molecule has 2 aliphatic carbocycles. The van der Waals surface area contributed by atoms with Crippen molar-refractivity contribution >= 4 is 11.8 Å². The maximum atomic E-state index is 5.07. The standard InChI is InChI=1S/C6H12.C5H11N.C5H10O.C5H10.C4H10N2.C4H9NO.C4H9NS.C4H9N.C4H8O.9C4H10.18C2H6/c3*1-2-4-6-5-3-1;1-2-4-5-3-1;1-2-6-4-3-5-1;2*1-3-6-4-2-5-1;2*1-2-4-5-3-1;9*1-4(2)3;18*1-2/h1-6H2;6H,1-5H2;1-5H2;1-5H2;5-6H,1-4H2;2*5H,1-4H2;5H,1-4H2;1-4H2;9*4H,1-3H3;18*1-2H3. The van der Waals surface area contributed by atoms with Crippen molar-refractivity contribution in [3.05, 3.63) is 0 Å². The lowest BCUT2D eigenvalue weighted by Crippen LogP contribution is -2.39.